The Morgan fingerprint density at radius 2 is 1.87 bits per heavy atom. The average Bonchev–Trinajstić information content (AvgIpc) is 3.15. The van der Waals surface area contributed by atoms with Crippen molar-refractivity contribution in [2.24, 2.45) is 17.6 Å². The molecule has 2 fully saturated rings. The Kier molecular flexibility index (Phi) is 8.03. The maximum atomic E-state index is 12.1. The van der Waals surface area contributed by atoms with Crippen LogP contribution in [0.5, 0.6) is 0 Å². The highest BCUT2D eigenvalue weighted by molar-refractivity contribution is 6.31. The molecule has 3 aliphatic rings. The molecule has 0 aliphatic heterocycles. The predicted octanol–water partition coefficient (Wildman–Crippen LogP) is 5.85. The summed E-state index contributed by atoms with van der Waals surface area (Å²) in [6, 6.07) is 0. The predicted molar refractivity (Wildman–Crippen MR) is 150 cm³/mol. The Bertz CT molecular complexity index is 1400. The molecule has 39 heavy (non-hydrogen) atoms. The van der Waals surface area contributed by atoms with Crippen LogP contribution in [0.3, 0.4) is 0 Å². The number of nitrogens with zero attached hydrogens (tertiary/aromatic N) is 4. The van der Waals surface area contributed by atoms with E-state index in [1.807, 2.05) is 13.0 Å². The van der Waals surface area contributed by atoms with Gasteiger partial charge in [0.2, 0.25) is 5.82 Å². The molecule has 0 spiro atoms. The highest BCUT2D eigenvalue weighted by Crippen LogP contribution is 2.41. The van der Waals surface area contributed by atoms with Gasteiger partial charge in [0.05, 0.1) is 5.03 Å². The molecule has 1 atom stereocenters. The molecule has 206 valence electrons. The summed E-state index contributed by atoms with van der Waals surface area (Å²) in [5.41, 5.74) is 9.07. The number of aromatic nitrogens is 4. The first-order valence-electron chi connectivity index (χ1n) is 13.8. The van der Waals surface area contributed by atoms with Crippen LogP contribution in [0.2, 0.25) is 0 Å². The number of nitrogens with one attached hydrogen (secondary N) is 1. The number of fused-ring (bicyclic) bond motifs is 1. The molecule has 2 aromatic rings. The SMILES string of the molecule is CC(O)(c1nc2nc(C(=N)OC(N)=O)nc(C3=CC(Cl)=C=CC=C3)c2n1CC1CCCCC1)C1CCCCC1. The van der Waals surface area contributed by atoms with Crippen molar-refractivity contribution >= 4 is 40.3 Å². The van der Waals surface area contributed by atoms with Crippen molar-refractivity contribution in [3.05, 3.63) is 52.4 Å². The number of carbonyl (C=O) groups excluding carboxylic acids is 1. The smallest absolute Gasteiger partial charge is 0.388 e. The van der Waals surface area contributed by atoms with E-state index in [2.05, 4.69) is 20.3 Å². The van der Waals surface area contributed by atoms with Crippen LogP contribution in [0, 0.1) is 17.2 Å². The minimum Gasteiger partial charge on any atom is -0.388 e. The number of rotatable bonds is 6. The summed E-state index contributed by atoms with van der Waals surface area (Å²) in [6.07, 6.45) is 17.0. The molecule has 2 saturated carbocycles. The Balaban J connectivity index is 1.75. The van der Waals surface area contributed by atoms with Gasteiger partial charge in [0.1, 0.15) is 22.6 Å². The van der Waals surface area contributed by atoms with Crippen LogP contribution in [0.25, 0.3) is 16.7 Å². The quantitative estimate of drug-likeness (QED) is 0.234. The minimum atomic E-state index is -1.18. The number of imidazole rings is 1. The zero-order chi connectivity index (χ0) is 27.6. The lowest BCUT2D eigenvalue weighted by Crippen LogP contribution is -2.37. The van der Waals surface area contributed by atoms with E-state index in [0.717, 1.165) is 38.5 Å². The van der Waals surface area contributed by atoms with Crippen LogP contribution in [-0.2, 0) is 16.9 Å². The first kappa shape index (κ1) is 27.3. The maximum Gasteiger partial charge on any atom is 0.411 e. The van der Waals surface area contributed by atoms with E-state index in [1.165, 1.54) is 25.7 Å². The molecule has 0 saturated heterocycles. The number of amides is 1. The van der Waals surface area contributed by atoms with Gasteiger partial charge in [-0.05, 0) is 56.6 Å². The summed E-state index contributed by atoms with van der Waals surface area (Å²) in [5, 5.41) is 20.7. The average molecular weight is 551 g/mol. The van der Waals surface area contributed by atoms with E-state index in [9.17, 15) is 9.90 Å². The molecule has 10 heteroatoms. The molecular formula is C29H35ClN6O3. The van der Waals surface area contributed by atoms with E-state index < -0.39 is 17.6 Å². The largest absolute Gasteiger partial charge is 0.411 e. The van der Waals surface area contributed by atoms with Crippen LogP contribution in [0.4, 0.5) is 4.79 Å². The zero-order valence-corrected chi connectivity index (χ0v) is 23.0. The van der Waals surface area contributed by atoms with Gasteiger partial charge in [-0.15, -0.1) is 5.73 Å². The molecule has 9 nitrogen and oxygen atoms in total. The number of nitrogens with two attached hydrogens (primary N) is 1. The number of hydrogen-bond donors (Lipinski definition) is 3. The van der Waals surface area contributed by atoms with E-state index in [4.69, 9.17) is 32.5 Å². The van der Waals surface area contributed by atoms with E-state index in [-0.39, 0.29) is 11.7 Å². The van der Waals surface area contributed by atoms with Crippen LogP contribution in [0.15, 0.2) is 35.1 Å². The number of ether oxygens (including phenoxy) is 1. The lowest BCUT2D eigenvalue weighted by Gasteiger charge is -2.36. The zero-order valence-electron chi connectivity index (χ0n) is 22.3. The van der Waals surface area contributed by atoms with Crippen molar-refractivity contribution in [3.8, 4) is 0 Å². The summed E-state index contributed by atoms with van der Waals surface area (Å²) in [4.78, 5) is 25.5. The lowest BCUT2D eigenvalue weighted by molar-refractivity contribution is -0.0321. The molecule has 0 aromatic carbocycles. The second kappa shape index (κ2) is 11.5. The fourth-order valence-corrected chi connectivity index (χ4v) is 6.36. The Morgan fingerprint density at radius 3 is 2.56 bits per heavy atom. The van der Waals surface area contributed by atoms with Gasteiger partial charge in [0.25, 0.3) is 5.90 Å². The van der Waals surface area contributed by atoms with Crippen LogP contribution in [-0.4, -0.2) is 36.6 Å². The number of hydrogen-bond acceptors (Lipinski definition) is 7. The number of halogens is 1. The second-order valence-corrected chi connectivity index (χ2v) is 11.4. The Labute approximate surface area is 233 Å². The standard InChI is InChI=1S/C29H35ClN6O3/c1-29(38,20-13-6-3-7-14-20)27-35-25-23(36(27)17-18-10-4-2-5-11-18)22(19-12-8-9-15-21(30)16-19)33-26(34-25)24(31)39-28(32)37/h8-9,12,16,18,20,31,38H,2-7,10-11,13-14,17H2,1H3,(H2,32,37). The number of carbonyl (C=O) groups is 1. The van der Waals surface area contributed by atoms with Crippen molar-refractivity contribution in [2.45, 2.75) is 83.3 Å². The summed E-state index contributed by atoms with van der Waals surface area (Å²) >= 11 is 6.39. The summed E-state index contributed by atoms with van der Waals surface area (Å²) in [7, 11) is 0. The first-order valence-corrected chi connectivity index (χ1v) is 14.2. The summed E-state index contributed by atoms with van der Waals surface area (Å²) in [5.74, 6) is 0.354. The fraction of sp³-hybridized carbons (Fsp3) is 0.517. The Morgan fingerprint density at radius 1 is 1.18 bits per heavy atom. The van der Waals surface area contributed by atoms with E-state index >= 15 is 0 Å². The molecule has 1 unspecified atom stereocenters. The van der Waals surface area contributed by atoms with Crippen molar-refractivity contribution in [1.82, 2.24) is 19.5 Å². The molecular weight excluding hydrogens is 516 g/mol. The monoisotopic (exact) mass is 550 g/mol. The molecule has 1 amide bonds. The highest BCUT2D eigenvalue weighted by Gasteiger charge is 2.40. The third-order valence-electron chi connectivity index (χ3n) is 8.18. The van der Waals surface area contributed by atoms with E-state index in [0.29, 0.717) is 45.8 Å². The third kappa shape index (κ3) is 5.86. The maximum absolute atomic E-state index is 12.1. The fourth-order valence-electron chi connectivity index (χ4n) is 6.18. The number of allylic oxidation sites excluding steroid dienone is 5. The van der Waals surface area contributed by atoms with Crippen molar-refractivity contribution in [3.63, 3.8) is 0 Å². The summed E-state index contributed by atoms with van der Waals surface area (Å²) in [6.45, 7) is 2.54. The summed E-state index contributed by atoms with van der Waals surface area (Å²) < 4.78 is 6.92. The van der Waals surface area contributed by atoms with Gasteiger partial charge in [-0.3, -0.25) is 5.41 Å². The van der Waals surface area contributed by atoms with Crippen molar-refractivity contribution in [1.29, 1.82) is 5.41 Å². The third-order valence-corrected chi connectivity index (χ3v) is 8.39. The van der Waals surface area contributed by atoms with Gasteiger partial charge in [-0.2, -0.15) is 0 Å². The molecule has 2 aromatic heterocycles. The first-order chi connectivity index (χ1) is 18.7. The van der Waals surface area contributed by atoms with Gasteiger partial charge < -0.3 is 20.1 Å². The van der Waals surface area contributed by atoms with Gasteiger partial charge in [0.15, 0.2) is 5.65 Å². The molecule has 2 heterocycles. The van der Waals surface area contributed by atoms with E-state index in [1.54, 1.807) is 18.2 Å². The second-order valence-electron chi connectivity index (χ2n) is 11.0. The molecule has 3 aliphatic carbocycles. The molecule has 4 N–H and O–H groups in total. The van der Waals surface area contributed by atoms with Crippen LogP contribution < -0.4 is 5.73 Å². The molecule has 5 rings (SSSR count). The lowest BCUT2D eigenvalue weighted by atomic mass is 9.77. The topological polar surface area (TPSA) is 140 Å². The minimum absolute atomic E-state index is 0.0686. The normalized spacial score (nSPS) is 20.3. The van der Waals surface area contributed by atoms with Crippen molar-refractivity contribution < 1.29 is 14.6 Å². The number of primary amides is 1. The van der Waals surface area contributed by atoms with Gasteiger partial charge in [-0.25, -0.2) is 19.7 Å². The van der Waals surface area contributed by atoms with Gasteiger partial charge in [0, 0.05) is 12.1 Å². The highest BCUT2D eigenvalue weighted by atomic mass is 35.5. The Hall–Kier alpha value is -3.26. The van der Waals surface area contributed by atoms with Gasteiger partial charge >= 0.3 is 6.09 Å². The number of aliphatic hydroxyl groups is 1. The van der Waals surface area contributed by atoms with Crippen molar-refractivity contribution in [2.75, 3.05) is 0 Å². The van der Waals surface area contributed by atoms with Crippen LogP contribution >= 0.6 is 11.6 Å². The molecule has 0 radical (unpaired) electrons. The van der Waals surface area contributed by atoms with Crippen LogP contribution in [0.1, 0.15) is 88.5 Å². The molecule has 0 bridgehead atoms. The van der Waals surface area contributed by atoms with Gasteiger partial charge in [-0.1, -0.05) is 62.3 Å².